The van der Waals surface area contributed by atoms with Crippen LogP contribution >= 0.6 is 34.5 Å². The largest absolute Gasteiger partial charge is 0.377 e. The Hall–Kier alpha value is -0.970. The fourth-order valence-corrected chi connectivity index (χ4v) is 2.65. The number of nitrogens with zero attached hydrogens (tertiary/aromatic N) is 2. The third-order valence-corrected chi connectivity index (χ3v) is 3.75. The van der Waals surface area contributed by atoms with E-state index in [9.17, 15) is 0 Å². The molecular formula is C12H13Cl2N3S. The molecule has 0 aliphatic carbocycles. The molecule has 0 spiro atoms. The fourth-order valence-electron chi connectivity index (χ4n) is 1.58. The first kappa shape index (κ1) is 13.5. The zero-order valence-electron chi connectivity index (χ0n) is 10.1. The Bertz CT molecular complexity index is 540. The zero-order valence-corrected chi connectivity index (χ0v) is 12.4. The van der Waals surface area contributed by atoms with E-state index >= 15 is 0 Å². The predicted molar refractivity (Wildman–Crippen MR) is 80.2 cm³/mol. The summed E-state index contributed by atoms with van der Waals surface area (Å²) in [5, 5.41) is 4.99. The Labute approximate surface area is 120 Å². The van der Waals surface area contributed by atoms with Crippen LogP contribution in [0.1, 0.15) is 5.01 Å². The van der Waals surface area contributed by atoms with Gasteiger partial charge in [-0.1, -0.05) is 23.2 Å². The average molecular weight is 302 g/mol. The molecule has 0 aliphatic rings. The van der Waals surface area contributed by atoms with Gasteiger partial charge in [0.1, 0.15) is 9.34 Å². The number of aromatic nitrogens is 1. The predicted octanol–water partition coefficient (Wildman–Crippen LogP) is 4.13. The van der Waals surface area contributed by atoms with E-state index in [1.54, 1.807) is 6.20 Å². The molecule has 0 saturated carbocycles. The number of anilines is 2. The molecule has 2 rings (SSSR count). The van der Waals surface area contributed by atoms with Crippen LogP contribution in [0.15, 0.2) is 24.4 Å². The number of thiazole rings is 1. The lowest BCUT2D eigenvalue weighted by Crippen LogP contribution is -2.12. The van der Waals surface area contributed by atoms with E-state index in [1.165, 1.54) is 11.3 Å². The lowest BCUT2D eigenvalue weighted by molar-refractivity contribution is 1.08. The van der Waals surface area contributed by atoms with Crippen molar-refractivity contribution in [1.29, 1.82) is 0 Å². The Balaban J connectivity index is 2.15. The molecule has 1 aromatic carbocycles. The maximum Gasteiger partial charge on any atom is 0.113 e. The lowest BCUT2D eigenvalue weighted by atomic mass is 10.2. The van der Waals surface area contributed by atoms with Crippen LogP contribution in [0.25, 0.3) is 0 Å². The van der Waals surface area contributed by atoms with Gasteiger partial charge < -0.3 is 10.2 Å². The minimum Gasteiger partial charge on any atom is -0.377 e. The van der Waals surface area contributed by atoms with Gasteiger partial charge >= 0.3 is 0 Å². The van der Waals surface area contributed by atoms with Crippen molar-refractivity contribution in [2.75, 3.05) is 24.3 Å². The quantitative estimate of drug-likeness (QED) is 0.920. The molecule has 1 aromatic heterocycles. The maximum absolute atomic E-state index is 6.01. The Morgan fingerprint density at radius 1 is 1.33 bits per heavy atom. The first-order valence-electron chi connectivity index (χ1n) is 5.37. The maximum atomic E-state index is 6.01. The van der Waals surface area contributed by atoms with Gasteiger partial charge in [-0.15, -0.1) is 11.3 Å². The van der Waals surface area contributed by atoms with Gasteiger partial charge in [0, 0.05) is 19.1 Å². The minimum absolute atomic E-state index is 0.637. The summed E-state index contributed by atoms with van der Waals surface area (Å²) in [4.78, 5) is 6.24. The van der Waals surface area contributed by atoms with Gasteiger partial charge in [0.05, 0.1) is 24.1 Å². The van der Waals surface area contributed by atoms with Crippen LogP contribution in [-0.2, 0) is 6.54 Å². The van der Waals surface area contributed by atoms with E-state index < -0.39 is 0 Å². The first-order chi connectivity index (χ1) is 8.56. The summed E-state index contributed by atoms with van der Waals surface area (Å²) in [5.41, 5.74) is 2.07. The topological polar surface area (TPSA) is 28.2 Å². The van der Waals surface area contributed by atoms with Crippen molar-refractivity contribution in [2.45, 2.75) is 6.54 Å². The molecule has 3 nitrogen and oxygen atoms in total. The summed E-state index contributed by atoms with van der Waals surface area (Å²) in [7, 11) is 3.99. The second-order valence-corrected chi connectivity index (χ2v) is 6.15. The molecule has 1 heterocycles. The SMILES string of the molecule is CN(C)c1ccc(Cl)cc1NCc1ncc(Cl)s1. The van der Waals surface area contributed by atoms with Crippen molar-refractivity contribution in [3.05, 3.63) is 38.8 Å². The summed E-state index contributed by atoms with van der Waals surface area (Å²) in [5.74, 6) is 0. The minimum atomic E-state index is 0.637. The fraction of sp³-hybridized carbons (Fsp3) is 0.250. The van der Waals surface area contributed by atoms with Crippen LogP contribution < -0.4 is 10.2 Å². The van der Waals surface area contributed by atoms with Crippen molar-refractivity contribution in [1.82, 2.24) is 4.98 Å². The van der Waals surface area contributed by atoms with Gasteiger partial charge in [-0.05, 0) is 18.2 Å². The van der Waals surface area contributed by atoms with Gasteiger partial charge in [0.2, 0.25) is 0 Å². The first-order valence-corrected chi connectivity index (χ1v) is 6.94. The van der Waals surface area contributed by atoms with Crippen LogP contribution in [0.4, 0.5) is 11.4 Å². The lowest BCUT2D eigenvalue weighted by Gasteiger charge is -2.18. The summed E-state index contributed by atoms with van der Waals surface area (Å²) >= 11 is 13.3. The van der Waals surface area contributed by atoms with Crippen molar-refractivity contribution >= 4 is 45.9 Å². The van der Waals surface area contributed by atoms with E-state index in [0.29, 0.717) is 15.9 Å². The molecular weight excluding hydrogens is 289 g/mol. The summed E-state index contributed by atoms with van der Waals surface area (Å²) in [6.07, 6.45) is 1.66. The van der Waals surface area contributed by atoms with E-state index in [-0.39, 0.29) is 0 Å². The van der Waals surface area contributed by atoms with E-state index in [2.05, 4.69) is 10.3 Å². The number of rotatable bonds is 4. The van der Waals surface area contributed by atoms with Crippen LogP contribution in [-0.4, -0.2) is 19.1 Å². The van der Waals surface area contributed by atoms with Crippen LogP contribution in [0, 0.1) is 0 Å². The van der Waals surface area contributed by atoms with E-state index in [0.717, 1.165) is 16.4 Å². The van der Waals surface area contributed by atoms with E-state index in [4.69, 9.17) is 23.2 Å². The van der Waals surface area contributed by atoms with Crippen molar-refractivity contribution in [3.8, 4) is 0 Å². The number of hydrogen-bond donors (Lipinski definition) is 1. The van der Waals surface area contributed by atoms with Crippen LogP contribution in [0.5, 0.6) is 0 Å². The number of benzene rings is 1. The Morgan fingerprint density at radius 3 is 2.72 bits per heavy atom. The van der Waals surface area contributed by atoms with Crippen molar-refractivity contribution in [3.63, 3.8) is 0 Å². The zero-order chi connectivity index (χ0) is 13.1. The molecule has 6 heteroatoms. The summed E-state index contributed by atoms with van der Waals surface area (Å²) in [6.45, 7) is 0.637. The molecule has 0 saturated heterocycles. The smallest absolute Gasteiger partial charge is 0.113 e. The summed E-state index contributed by atoms with van der Waals surface area (Å²) in [6, 6.07) is 5.77. The van der Waals surface area contributed by atoms with Crippen molar-refractivity contribution < 1.29 is 0 Å². The van der Waals surface area contributed by atoms with Crippen LogP contribution in [0.2, 0.25) is 9.36 Å². The highest BCUT2D eigenvalue weighted by molar-refractivity contribution is 7.15. The average Bonchev–Trinajstić information content (AvgIpc) is 2.72. The standard InChI is InChI=1S/C12H13Cl2N3S/c1-17(2)10-4-3-8(13)5-9(10)15-7-12-16-6-11(14)18-12/h3-6,15H,7H2,1-2H3. The van der Waals surface area contributed by atoms with Gasteiger partial charge in [-0.25, -0.2) is 4.98 Å². The van der Waals surface area contributed by atoms with Crippen LogP contribution in [0.3, 0.4) is 0 Å². The monoisotopic (exact) mass is 301 g/mol. The Morgan fingerprint density at radius 2 is 2.11 bits per heavy atom. The molecule has 0 amide bonds. The molecule has 18 heavy (non-hydrogen) atoms. The van der Waals surface area contributed by atoms with Gasteiger partial charge in [-0.2, -0.15) is 0 Å². The second kappa shape index (κ2) is 5.78. The molecule has 1 N–H and O–H groups in total. The Kier molecular flexibility index (Phi) is 4.32. The molecule has 0 unspecified atom stereocenters. The molecule has 0 radical (unpaired) electrons. The van der Waals surface area contributed by atoms with Gasteiger partial charge in [0.25, 0.3) is 0 Å². The molecule has 2 aromatic rings. The highest BCUT2D eigenvalue weighted by Gasteiger charge is 2.06. The van der Waals surface area contributed by atoms with E-state index in [1.807, 2.05) is 37.2 Å². The molecule has 0 fully saturated rings. The molecule has 0 atom stereocenters. The summed E-state index contributed by atoms with van der Waals surface area (Å²) < 4.78 is 0.700. The normalized spacial score (nSPS) is 10.4. The number of halogens is 2. The van der Waals surface area contributed by atoms with Crippen molar-refractivity contribution in [2.24, 2.45) is 0 Å². The third-order valence-electron chi connectivity index (χ3n) is 2.40. The highest BCUT2D eigenvalue weighted by atomic mass is 35.5. The molecule has 0 aliphatic heterocycles. The molecule has 0 bridgehead atoms. The third kappa shape index (κ3) is 3.28. The second-order valence-electron chi connectivity index (χ2n) is 3.97. The number of hydrogen-bond acceptors (Lipinski definition) is 4. The van der Waals surface area contributed by atoms with Gasteiger partial charge in [-0.3, -0.25) is 0 Å². The number of nitrogens with one attached hydrogen (secondary N) is 1. The molecule has 96 valence electrons. The highest BCUT2D eigenvalue weighted by Crippen LogP contribution is 2.28. The van der Waals surface area contributed by atoms with Gasteiger partial charge in [0.15, 0.2) is 0 Å².